The second-order valence-electron chi connectivity index (χ2n) is 7.48. The van der Waals surface area contributed by atoms with E-state index < -0.39 is 10.8 Å². The van der Waals surface area contributed by atoms with Gasteiger partial charge in [-0.2, -0.15) is 10.0 Å². The van der Waals surface area contributed by atoms with Gasteiger partial charge in [0.15, 0.2) is 10.2 Å². The summed E-state index contributed by atoms with van der Waals surface area (Å²) in [4.78, 5) is 27.6. The number of hydrogen-bond acceptors (Lipinski definition) is 8. The maximum absolute atomic E-state index is 12.8. The molecule has 3 aromatic rings. The summed E-state index contributed by atoms with van der Waals surface area (Å²) in [6.45, 7) is 0.483. The van der Waals surface area contributed by atoms with Gasteiger partial charge in [0.1, 0.15) is 5.75 Å². The fourth-order valence-corrected chi connectivity index (χ4v) is 5.31. The van der Waals surface area contributed by atoms with E-state index in [2.05, 4.69) is 10.1 Å². The summed E-state index contributed by atoms with van der Waals surface area (Å²) in [6, 6.07) is 19.2. The summed E-state index contributed by atoms with van der Waals surface area (Å²) in [5.41, 5.74) is 1.17. The minimum Gasteiger partial charge on any atom is -0.493 e. The molecule has 0 unspecified atom stereocenters. The predicted octanol–water partition coefficient (Wildman–Crippen LogP) is 4.77. The zero-order valence-electron chi connectivity index (χ0n) is 18.6. The molecule has 10 nitrogen and oxygen atoms in total. The predicted molar refractivity (Wildman–Crippen MR) is 142 cm³/mol. The average molecular weight is 519 g/mol. The van der Waals surface area contributed by atoms with Crippen LogP contribution in [0, 0.1) is 15.5 Å². The number of amides is 1. The smallest absolute Gasteiger partial charge is 0.283 e. The number of rotatable bonds is 7. The van der Waals surface area contributed by atoms with Crippen LogP contribution >= 0.6 is 23.5 Å². The number of amidine groups is 2. The number of nitrogens with zero attached hydrogens (tertiary/aromatic N) is 5. The van der Waals surface area contributed by atoms with Crippen LogP contribution in [0.5, 0.6) is 5.75 Å². The molecule has 0 radical (unpaired) electrons. The van der Waals surface area contributed by atoms with E-state index in [0.29, 0.717) is 33.3 Å². The summed E-state index contributed by atoms with van der Waals surface area (Å²) >= 11 is 2.70. The molecule has 0 atom stereocenters. The van der Waals surface area contributed by atoms with Gasteiger partial charge in [-0.1, -0.05) is 36.0 Å². The largest absolute Gasteiger partial charge is 0.493 e. The summed E-state index contributed by atoms with van der Waals surface area (Å²) in [5, 5.41) is 25.9. The number of para-hydroxylation sites is 1. The Morgan fingerprint density at radius 2 is 1.97 bits per heavy atom. The Labute approximate surface area is 214 Å². The van der Waals surface area contributed by atoms with Crippen molar-refractivity contribution >= 4 is 56.6 Å². The average Bonchev–Trinajstić information content (AvgIpc) is 3.52. The fourth-order valence-electron chi connectivity index (χ4n) is 3.49. The van der Waals surface area contributed by atoms with Crippen LogP contribution in [0.4, 0.5) is 5.69 Å². The number of hydrogen-bond donors (Lipinski definition) is 1. The van der Waals surface area contributed by atoms with Gasteiger partial charge >= 0.3 is 0 Å². The van der Waals surface area contributed by atoms with Gasteiger partial charge in [0.2, 0.25) is 5.17 Å². The highest BCUT2D eigenvalue weighted by atomic mass is 32.2. The Morgan fingerprint density at radius 3 is 2.78 bits per heavy atom. The van der Waals surface area contributed by atoms with Crippen molar-refractivity contribution in [3.8, 4) is 11.4 Å². The molecule has 12 heteroatoms. The van der Waals surface area contributed by atoms with Gasteiger partial charge in [-0.15, -0.1) is 5.10 Å². The topological polar surface area (TPSA) is 126 Å². The lowest BCUT2D eigenvalue weighted by Gasteiger charge is -2.20. The number of thioether (sulfide) groups is 2. The van der Waals surface area contributed by atoms with E-state index in [-0.39, 0.29) is 17.1 Å². The van der Waals surface area contributed by atoms with Gasteiger partial charge < -0.3 is 9.30 Å². The van der Waals surface area contributed by atoms with Crippen LogP contribution in [0.25, 0.3) is 11.8 Å². The van der Waals surface area contributed by atoms with Crippen LogP contribution in [0.15, 0.2) is 88.6 Å². The molecule has 0 fully saturated rings. The first-order chi connectivity index (χ1) is 17.5. The summed E-state index contributed by atoms with van der Waals surface area (Å²) in [5.74, 6) is 0.806. The summed E-state index contributed by atoms with van der Waals surface area (Å²) in [7, 11) is 0. The van der Waals surface area contributed by atoms with Gasteiger partial charge in [0, 0.05) is 29.8 Å². The number of nitro groups is 1. The third-order valence-electron chi connectivity index (χ3n) is 5.15. The van der Waals surface area contributed by atoms with Crippen LogP contribution in [-0.2, 0) is 4.79 Å². The standard InChI is InChI=1S/C24H18N6O4S2/c25-21-20(15-17-8-5-11-28(17)16-6-4-7-18(14-16)30(32)33)22(31)26-23-29(21)27-24(36-23)35-13-12-34-19-9-2-1-3-10-19/h1-11,14-15,25H,12-13H2/b20-15+,25-21?. The first kappa shape index (κ1) is 23.6. The van der Waals surface area contributed by atoms with E-state index in [9.17, 15) is 14.9 Å². The molecule has 5 rings (SSSR count). The summed E-state index contributed by atoms with van der Waals surface area (Å²) in [6.07, 6.45) is 3.27. The Morgan fingerprint density at radius 1 is 1.14 bits per heavy atom. The highest BCUT2D eigenvalue weighted by Gasteiger charge is 2.36. The molecule has 180 valence electrons. The zero-order valence-corrected chi connectivity index (χ0v) is 20.2. The number of nitrogens with one attached hydrogen (secondary N) is 1. The number of fused-ring (bicyclic) bond motifs is 1. The van der Waals surface area contributed by atoms with Crippen molar-refractivity contribution in [2.45, 2.75) is 0 Å². The number of aliphatic imine (C=N–C) groups is 1. The Balaban J connectivity index is 1.31. The Hall–Kier alpha value is -4.16. The van der Waals surface area contributed by atoms with Crippen molar-refractivity contribution in [1.82, 2.24) is 9.58 Å². The van der Waals surface area contributed by atoms with E-state index in [1.807, 2.05) is 30.3 Å². The molecule has 2 aromatic carbocycles. The molecule has 0 aliphatic carbocycles. The lowest BCUT2D eigenvalue weighted by atomic mass is 10.1. The number of ether oxygens (including phenoxy) is 1. The van der Waals surface area contributed by atoms with Crippen LogP contribution in [0.1, 0.15) is 5.69 Å². The number of aromatic nitrogens is 1. The minimum atomic E-state index is -0.542. The number of carbonyl (C=O) groups excluding carboxylic acids is 1. The van der Waals surface area contributed by atoms with Crippen LogP contribution in [0.3, 0.4) is 0 Å². The highest BCUT2D eigenvalue weighted by molar-refractivity contribution is 8.45. The number of hydrazone groups is 1. The molecule has 36 heavy (non-hydrogen) atoms. The van der Waals surface area contributed by atoms with Gasteiger partial charge in [-0.3, -0.25) is 20.3 Å². The molecule has 1 amide bonds. The van der Waals surface area contributed by atoms with E-state index >= 15 is 0 Å². The quantitative estimate of drug-likeness (QED) is 0.207. The molecule has 2 aliphatic heterocycles. The molecule has 1 N–H and O–H groups in total. The first-order valence-corrected chi connectivity index (χ1v) is 12.5. The molecule has 0 saturated carbocycles. The monoisotopic (exact) mass is 518 g/mol. The lowest BCUT2D eigenvalue weighted by Crippen LogP contribution is -2.35. The molecule has 0 saturated heterocycles. The van der Waals surface area contributed by atoms with E-state index in [4.69, 9.17) is 10.1 Å². The van der Waals surface area contributed by atoms with Gasteiger partial charge in [0.25, 0.3) is 11.6 Å². The van der Waals surface area contributed by atoms with Gasteiger partial charge in [0.05, 0.1) is 22.8 Å². The van der Waals surface area contributed by atoms with Crippen molar-refractivity contribution in [2.24, 2.45) is 10.1 Å². The maximum atomic E-state index is 12.8. The SMILES string of the molecule is N=C1/C(=C\c2cccn2-c2cccc([N+](=O)[O-])c2)C(=O)N=C2SC(SCCOc3ccccc3)=NN12. The van der Waals surface area contributed by atoms with Crippen LogP contribution < -0.4 is 4.74 Å². The number of nitro benzene ring substituents is 1. The number of non-ortho nitro benzene ring substituents is 1. The molecule has 3 heterocycles. The zero-order chi connectivity index (χ0) is 25.1. The first-order valence-electron chi connectivity index (χ1n) is 10.7. The van der Waals surface area contributed by atoms with Crippen molar-refractivity contribution in [1.29, 1.82) is 5.41 Å². The fraction of sp³-hybridized carbons (Fsp3) is 0.0833. The van der Waals surface area contributed by atoms with Crippen LogP contribution in [-0.4, -0.2) is 48.1 Å². The molecular weight excluding hydrogens is 500 g/mol. The van der Waals surface area contributed by atoms with Crippen molar-refractivity contribution in [3.05, 3.63) is 94.3 Å². The Kier molecular flexibility index (Phi) is 6.69. The second kappa shape index (κ2) is 10.2. The normalized spacial score (nSPS) is 16.1. The van der Waals surface area contributed by atoms with Crippen molar-refractivity contribution in [3.63, 3.8) is 0 Å². The van der Waals surface area contributed by atoms with E-state index in [1.165, 1.54) is 40.7 Å². The lowest BCUT2D eigenvalue weighted by molar-refractivity contribution is -0.384. The maximum Gasteiger partial charge on any atom is 0.283 e. The third-order valence-corrected chi connectivity index (χ3v) is 7.15. The van der Waals surface area contributed by atoms with Gasteiger partial charge in [-0.25, -0.2) is 0 Å². The third kappa shape index (κ3) is 4.95. The molecule has 2 aliphatic rings. The highest BCUT2D eigenvalue weighted by Crippen LogP contribution is 2.32. The Bertz CT molecular complexity index is 1450. The van der Waals surface area contributed by atoms with Crippen molar-refractivity contribution < 1.29 is 14.5 Å². The number of benzene rings is 2. The van der Waals surface area contributed by atoms with Gasteiger partial charge in [-0.05, 0) is 48.2 Å². The molecule has 0 spiro atoms. The molecule has 0 bridgehead atoms. The molecular formula is C24H18N6O4S2. The molecule has 1 aromatic heterocycles. The van der Waals surface area contributed by atoms with Crippen molar-refractivity contribution in [2.75, 3.05) is 12.4 Å². The van der Waals surface area contributed by atoms with Crippen LogP contribution in [0.2, 0.25) is 0 Å². The van der Waals surface area contributed by atoms with E-state index in [0.717, 1.165) is 5.75 Å². The second-order valence-corrected chi connectivity index (χ2v) is 9.77. The minimum absolute atomic E-state index is 0.0434. The number of carbonyl (C=O) groups is 1. The van der Waals surface area contributed by atoms with E-state index in [1.54, 1.807) is 41.1 Å². The summed E-state index contributed by atoms with van der Waals surface area (Å²) < 4.78 is 8.07.